The van der Waals surface area contributed by atoms with Gasteiger partial charge in [0.1, 0.15) is 24.4 Å². The molecule has 0 unspecified atom stereocenters. The van der Waals surface area contributed by atoms with Crippen LogP contribution >= 0.6 is 0 Å². The zero-order valence-corrected chi connectivity index (χ0v) is 19.5. The third kappa shape index (κ3) is 7.89. The molecule has 0 heterocycles. The molecular formula is C27H29N3O5. The maximum Gasteiger partial charge on any atom is 0.408 e. The minimum atomic E-state index is -1.00. The van der Waals surface area contributed by atoms with E-state index in [0.29, 0.717) is 11.3 Å². The van der Waals surface area contributed by atoms with Gasteiger partial charge in [-0.2, -0.15) is 0 Å². The molecule has 0 aliphatic carbocycles. The molecule has 2 atom stereocenters. The van der Waals surface area contributed by atoms with E-state index < -0.39 is 30.0 Å². The van der Waals surface area contributed by atoms with Crippen molar-refractivity contribution in [2.24, 2.45) is 5.73 Å². The Bertz CT molecular complexity index is 1120. The maximum atomic E-state index is 13.2. The summed E-state index contributed by atoms with van der Waals surface area (Å²) in [7, 11) is 1.53. The van der Waals surface area contributed by atoms with E-state index in [9.17, 15) is 14.4 Å². The lowest BCUT2D eigenvalue weighted by Gasteiger charge is -2.22. The molecule has 0 saturated carbocycles. The molecule has 0 bridgehead atoms. The van der Waals surface area contributed by atoms with Gasteiger partial charge in [0.25, 0.3) is 0 Å². The Labute approximate surface area is 204 Å². The summed E-state index contributed by atoms with van der Waals surface area (Å²) in [6, 6.07) is 23.6. The number of methoxy groups -OCH3 is 1. The summed E-state index contributed by atoms with van der Waals surface area (Å²) in [5.41, 5.74) is 7.95. The van der Waals surface area contributed by atoms with Gasteiger partial charge in [-0.1, -0.05) is 78.9 Å². The van der Waals surface area contributed by atoms with Crippen molar-refractivity contribution < 1.29 is 23.9 Å². The molecule has 8 heteroatoms. The second-order valence-corrected chi connectivity index (χ2v) is 7.93. The molecular weight excluding hydrogens is 446 g/mol. The number of carbonyl (C=O) groups excluding carboxylic acids is 3. The lowest BCUT2D eigenvalue weighted by molar-refractivity contribution is -0.128. The number of hydrogen-bond acceptors (Lipinski definition) is 5. The van der Waals surface area contributed by atoms with Gasteiger partial charge in [0.15, 0.2) is 0 Å². The number of nitrogens with one attached hydrogen (secondary N) is 2. The van der Waals surface area contributed by atoms with Crippen LogP contribution in [0.1, 0.15) is 16.7 Å². The van der Waals surface area contributed by atoms with Crippen LogP contribution in [0, 0.1) is 0 Å². The first-order valence-electron chi connectivity index (χ1n) is 11.2. The minimum Gasteiger partial charge on any atom is -0.496 e. The van der Waals surface area contributed by atoms with Crippen LogP contribution in [-0.2, 0) is 33.8 Å². The molecule has 8 nitrogen and oxygen atoms in total. The standard InChI is InChI=1S/C27H29N3O5/c1-34-24-15-9-8-14-21(24)17-22(25(28)31)29-26(32)23(16-19-10-4-2-5-11-19)30-27(33)35-18-20-12-6-3-7-13-20/h2-15,22-23H,16-18H2,1H3,(H2,28,31)(H,29,32)(H,30,33)/t22-,23-/m1/s1. The number of primary amides is 1. The van der Waals surface area contributed by atoms with Crippen LogP contribution in [0.3, 0.4) is 0 Å². The highest BCUT2D eigenvalue weighted by Gasteiger charge is 2.27. The van der Waals surface area contributed by atoms with Gasteiger partial charge >= 0.3 is 6.09 Å². The summed E-state index contributed by atoms with van der Waals surface area (Å²) in [5.74, 6) is -0.671. The molecule has 3 aromatic carbocycles. The number of alkyl carbamates (subject to hydrolysis) is 1. The highest BCUT2D eigenvalue weighted by molar-refractivity contribution is 5.91. The number of nitrogens with two attached hydrogens (primary N) is 1. The van der Waals surface area contributed by atoms with Gasteiger partial charge in [-0.05, 0) is 22.8 Å². The van der Waals surface area contributed by atoms with Crippen molar-refractivity contribution in [1.29, 1.82) is 0 Å². The Morgan fingerprint density at radius 2 is 1.37 bits per heavy atom. The Kier molecular flexibility index (Phi) is 9.24. The Morgan fingerprint density at radius 3 is 2.00 bits per heavy atom. The van der Waals surface area contributed by atoms with Crippen molar-refractivity contribution in [3.8, 4) is 5.75 Å². The summed E-state index contributed by atoms with van der Waals surface area (Å²) in [6.45, 7) is 0.0596. The molecule has 35 heavy (non-hydrogen) atoms. The largest absolute Gasteiger partial charge is 0.496 e. The van der Waals surface area contributed by atoms with Crippen molar-refractivity contribution in [3.05, 3.63) is 102 Å². The zero-order valence-electron chi connectivity index (χ0n) is 19.5. The van der Waals surface area contributed by atoms with Crippen molar-refractivity contribution >= 4 is 17.9 Å². The second kappa shape index (κ2) is 12.8. The molecule has 4 N–H and O–H groups in total. The molecule has 182 valence electrons. The first-order chi connectivity index (χ1) is 17.0. The van der Waals surface area contributed by atoms with Gasteiger partial charge in [0, 0.05) is 12.8 Å². The molecule has 0 aliphatic heterocycles. The molecule has 0 fully saturated rings. The molecule has 3 amide bonds. The summed E-state index contributed by atoms with van der Waals surface area (Å²) >= 11 is 0. The van der Waals surface area contributed by atoms with E-state index in [1.54, 1.807) is 24.3 Å². The Balaban J connectivity index is 1.71. The summed E-state index contributed by atoms with van der Waals surface area (Å²) in [4.78, 5) is 37.8. The summed E-state index contributed by atoms with van der Waals surface area (Å²) < 4.78 is 10.6. The number of ether oxygens (including phenoxy) is 2. The number of benzene rings is 3. The number of amides is 3. The Hall–Kier alpha value is -4.33. The highest BCUT2D eigenvalue weighted by atomic mass is 16.5. The third-order valence-corrected chi connectivity index (χ3v) is 5.38. The molecule has 0 radical (unpaired) electrons. The first kappa shape index (κ1) is 25.3. The summed E-state index contributed by atoms with van der Waals surface area (Å²) in [6.07, 6.45) is -0.403. The molecule has 0 aromatic heterocycles. The number of hydrogen-bond donors (Lipinski definition) is 3. The van der Waals surface area contributed by atoms with Crippen molar-refractivity contribution in [2.45, 2.75) is 31.5 Å². The first-order valence-corrected chi connectivity index (χ1v) is 11.2. The average Bonchev–Trinajstić information content (AvgIpc) is 2.88. The lowest BCUT2D eigenvalue weighted by atomic mass is 10.0. The van der Waals surface area contributed by atoms with Crippen LogP contribution in [0.15, 0.2) is 84.9 Å². The van der Waals surface area contributed by atoms with E-state index in [1.807, 2.05) is 60.7 Å². The normalized spacial score (nSPS) is 12.1. The SMILES string of the molecule is COc1ccccc1C[C@@H](NC(=O)[C@@H](Cc1ccccc1)NC(=O)OCc1ccccc1)C(N)=O. The summed E-state index contributed by atoms with van der Waals surface area (Å²) in [5, 5.41) is 5.29. The minimum absolute atomic E-state index is 0.0596. The van der Waals surface area contributed by atoms with Crippen LogP contribution in [-0.4, -0.2) is 37.1 Å². The van der Waals surface area contributed by atoms with Gasteiger partial charge in [0.05, 0.1) is 7.11 Å². The molecule has 3 rings (SSSR count). The number of carbonyl (C=O) groups is 3. The fourth-order valence-corrected chi connectivity index (χ4v) is 3.55. The van der Waals surface area contributed by atoms with E-state index in [0.717, 1.165) is 11.1 Å². The van der Waals surface area contributed by atoms with Crippen LogP contribution in [0.4, 0.5) is 4.79 Å². The number of rotatable bonds is 11. The van der Waals surface area contributed by atoms with Gasteiger partial charge in [-0.3, -0.25) is 9.59 Å². The zero-order chi connectivity index (χ0) is 25.0. The van der Waals surface area contributed by atoms with E-state index in [1.165, 1.54) is 7.11 Å². The van der Waals surface area contributed by atoms with Gasteiger partial charge in [-0.15, -0.1) is 0 Å². The molecule has 0 aliphatic rings. The smallest absolute Gasteiger partial charge is 0.408 e. The predicted molar refractivity (Wildman–Crippen MR) is 132 cm³/mol. The van der Waals surface area contributed by atoms with E-state index in [2.05, 4.69) is 10.6 Å². The molecule has 0 saturated heterocycles. The quantitative estimate of drug-likeness (QED) is 0.394. The van der Waals surface area contributed by atoms with Gasteiger partial charge in [0.2, 0.25) is 11.8 Å². The predicted octanol–water partition coefficient (Wildman–Crippen LogP) is 2.75. The third-order valence-electron chi connectivity index (χ3n) is 5.38. The van der Waals surface area contributed by atoms with Gasteiger partial charge in [-0.25, -0.2) is 4.79 Å². The van der Waals surface area contributed by atoms with E-state index in [-0.39, 0.29) is 19.4 Å². The topological polar surface area (TPSA) is 120 Å². The van der Waals surface area contributed by atoms with Crippen molar-refractivity contribution in [2.75, 3.05) is 7.11 Å². The fraction of sp³-hybridized carbons (Fsp3) is 0.222. The van der Waals surface area contributed by atoms with Crippen molar-refractivity contribution in [3.63, 3.8) is 0 Å². The molecule has 0 spiro atoms. The van der Waals surface area contributed by atoms with Crippen molar-refractivity contribution in [1.82, 2.24) is 10.6 Å². The fourth-order valence-electron chi connectivity index (χ4n) is 3.55. The lowest BCUT2D eigenvalue weighted by Crippen LogP contribution is -2.54. The Morgan fingerprint density at radius 1 is 0.771 bits per heavy atom. The van der Waals surface area contributed by atoms with Gasteiger partial charge < -0.3 is 25.8 Å². The number of para-hydroxylation sites is 1. The maximum absolute atomic E-state index is 13.2. The van der Waals surface area contributed by atoms with E-state index >= 15 is 0 Å². The monoisotopic (exact) mass is 475 g/mol. The van der Waals surface area contributed by atoms with Crippen LogP contribution < -0.4 is 21.1 Å². The van der Waals surface area contributed by atoms with Crippen LogP contribution in [0.5, 0.6) is 5.75 Å². The van der Waals surface area contributed by atoms with Crippen LogP contribution in [0.2, 0.25) is 0 Å². The second-order valence-electron chi connectivity index (χ2n) is 7.93. The van der Waals surface area contributed by atoms with E-state index in [4.69, 9.17) is 15.2 Å². The molecule has 3 aromatic rings. The van der Waals surface area contributed by atoms with Crippen LogP contribution in [0.25, 0.3) is 0 Å². The highest BCUT2D eigenvalue weighted by Crippen LogP contribution is 2.19. The average molecular weight is 476 g/mol.